The van der Waals surface area contributed by atoms with Crippen LogP contribution < -0.4 is 10.5 Å². The van der Waals surface area contributed by atoms with Gasteiger partial charge in [0.05, 0.1) is 12.2 Å². The average Bonchev–Trinajstić information content (AvgIpc) is 2.82. The van der Waals surface area contributed by atoms with E-state index in [-0.39, 0.29) is 22.1 Å². The van der Waals surface area contributed by atoms with Crippen LogP contribution in [0.4, 0.5) is 0 Å². The van der Waals surface area contributed by atoms with Gasteiger partial charge in [-0.25, -0.2) is 13.1 Å². The number of nitrogens with zero attached hydrogens (tertiary/aromatic N) is 3. The van der Waals surface area contributed by atoms with E-state index >= 15 is 0 Å². The first-order chi connectivity index (χ1) is 9.40. The van der Waals surface area contributed by atoms with E-state index < -0.39 is 10.0 Å². The molecular weight excluding hydrogens is 298 g/mol. The number of hydrogen-bond donors (Lipinski definition) is 2. The number of hydrogen-bond acceptors (Lipinski definition) is 5. The molecule has 0 bridgehead atoms. The highest BCUT2D eigenvalue weighted by molar-refractivity contribution is 7.89. The number of aryl methyl sites for hydroxylation is 1. The van der Waals surface area contributed by atoms with Gasteiger partial charge in [-0.3, -0.25) is 9.67 Å². The molecule has 2 aromatic rings. The molecular formula is C11H13N5O2S2. The first kappa shape index (κ1) is 14.6. The van der Waals surface area contributed by atoms with Gasteiger partial charge >= 0.3 is 0 Å². The molecule has 0 saturated carbocycles. The third-order valence-corrected chi connectivity index (χ3v) is 4.13. The Morgan fingerprint density at radius 1 is 1.50 bits per heavy atom. The number of aromatic nitrogens is 3. The molecule has 9 heteroatoms. The van der Waals surface area contributed by atoms with Crippen molar-refractivity contribution in [3.05, 3.63) is 42.0 Å². The van der Waals surface area contributed by atoms with Crippen molar-refractivity contribution in [2.75, 3.05) is 0 Å². The van der Waals surface area contributed by atoms with Gasteiger partial charge < -0.3 is 5.73 Å². The Morgan fingerprint density at radius 2 is 2.25 bits per heavy atom. The summed E-state index contributed by atoms with van der Waals surface area (Å²) in [5.41, 5.74) is 6.17. The zero-order valence-electron chi connectivity index (χ0n) is 10.6. The first-order valence-electron chi connectivity index (χ1n) is 5.63. The summed E-state index contributed by atoms with van der Waals surface area (Å²) in [6, 6.07) is 4.64. The molecule has 2 aromatic heterocycles. The number of sulfonamides is 1. The minimum atomic E-state index is -3.75. The van der Waals surface area contributed by atoms with Gasteiger partial charge in [-0.2, -0.15) is 5.10 Å². The van der Waals surface area contributed by atoms with Gasteiger partial charge in [-0.15, -0.1) is 0 Å². The second-order valence-corrected chi connectivity index (χ2v) is 6.19. The van der Waals surface area contributed by atoms with Crippen molar-refractivity contribution >= 4 is 27.2 Å². The van der Waals surface area contributed by atoms with E-state index in [0.29, 0.717) is 5.69 Å². The lowest BCUT2D eigenvalue weighted by Gasteiger charge is -2.08. The van der Waals surface area contributed by atoms with Gasteiger partial charge in [0.25, 0.3) is 0 Å². The molecule has 0 aliphatic rings. The molecule has 106 valence electrons. The lowest BCUT2D eigenvalue weighted by Crippen LogP contribution is -2.27. The molecule has 0 saturated heterocycles. The van der Waals surface area contributed by atoms with Crippen LogP contribution in [0.1, 0.15) is 11.4 Å². The van der Waals surface area contributed by atoms with Gasteiger partial charge in [0.15, 0.2) is 0 Å². The quantitative estimate of drug-likeness (QED) is 0.749. The SMILES string of the molecule is Cn1ccc(CNS(=O)(=O)c2cccnc2C(N)=S)n1. The van der Waals surface area contributed by atoms with Crippen molar-refractivity contribution in [1.82, 2.24) is 19.5 Å². The Bertz CT molecular complexity index is 739. The smallest absolute Gasteiger partial charge is 0.243 e. The van der Waals surface area contributed by atoms with E-state index in [1.165, 1.54) is 18.3 Å². The summed E-state index contributed by atoms with van der Waals surface area (Å²) in [4.78, 5) is 3.79. The van der Waals surface area contributed by atoms with E-state index in [2.05, 4.69) is 14.8 Å². The van der Waals surface area contributed by atoms with Crippen LogP contribution in [0.2, 0.25) is 0 Å². The standard InChI is InChI=1S/C11H13N5O2S2/c1-16-6-4-8(15-16)7-14-20(17,18)9-3-2-5-13-10(9)11(12)19/h2-6,14H,7H2,1H3,(H2,12,19). The fourth-order valence-electron chi connectivity index (χ4n) is 1.60. The number of thiocarbonyl (C=S) groups is 1. The highest BCUT2D eigenvalue weighted by Gasteiger charge is 2.20. The molecule has 0 amide bonds. The second kappa shape index (κ2) is 5.65. The lowest BCUT2D eigenvalue weighted by atomic mass is 10.3. The van der Waals surface area contributed by atoms with Crippen LogP contribution in [0.3, 0.4) is 0 Å². The van der Waals surface area contributed by atoms with Crippen LogP contribution in [0.25, 0.3) is 0 Å². The van der Waals surface area contributed by atoms with Crippen LogP contribution in [-0.4, -0.2) is 28.2 Å². The summed E-state index contributed by atoms with van der Waals surface area (Å²) >= 11 is 4.81. The van der Waals surface area contributed by atoms with Crippen LogP contribution in [0.15, 0.2) is 35.5 Å². The fraction of sp³-hybridized carbons (Fsp3) is 0.182. The maximum Gasteiger partial charge on any atom is 0.243 e. The summed E-state index contributed by atoms with van der Waals surface area (Å²) in [5.74, 6) is 0. The number of nitrogens with one attached hydrogen (secondary N) is 1. The molecule has 0 atom stereocenters. The Morgan fingerprint density at radius 3 is 2.85 bits per heavy atom. The van der Waals surface area contributed by atoms with Crippen LogP contribution >= 0.6 is 12.2 Å². The summed E-state index contributed by atoms with van der Waals surface area (Å²) in [7, 11) is -2.00. The van der Waals surface area contributed by atoms with Crippen molar-refractivity contribution in [3.8, 4) is 0 Å². The number of pyridine rings is 1. The van der Waals surface area contributed by atoms with E-state index in [0.717, 1.165) is 0 Å². The normalized spacial score (nSPS) is 11.4. The molecule has 7 nitrogen and oxygen atoms in total. The predicted molar refractivity (Wildman–Crippen MR) is 77.4 cm³/mol. The molecule has 0 fully saturated rings. The van der Waals surface area contributed by atoms with Gasteiger partial charge in [0.2, 0.25) is 10.0 Å². The Balaban J connectivity index is 2.25. The van der Waals surface area contributed by atoms with Crippen LogP contribution in [0, 0.1) is 0 Å². The van der Waals surface area contributed by atoms with Crippen LogP contribution in [0.5, 0.6) is 0 Å². The largest absolute Gasteiger partial charge is 0.388 e. The van der Waals surface area contributed by atoms with Crippen molar-refractivity contribution < 1.29 is 8.42 Å². The summed E-state index contributed by atoms with van der Waals surface area (Å²) in [5, 5.41) is 4.09. The predicted octanol–water partition coefficient (Wildman–Crippen LogP) is -0.0722. The van der Waals surface area contributed by atoms with Crippen molar-refractivity contribution in [2.24, 2.45) is 12.8 Å². The third-order valence-electron chi connectivity index (χ3n) is 2.51. The maximum absolute atomic E-state index is 12.2. The van der Waals surface area contributed by atoms with Crippen molar-refractivity contribution in [3.63, 3.8) is 0 Å². The molecule has 0 aliphatic heterocycles. The van der Waals surface area contributed by atoms with Gasteiger partial charge in [-0.1, -0.05) is 12.2 Å². The molecule has 20 heavy (non-hydrogen) atoms. The molecule has 2 heterocycles. The fourth-order valence-corrected chi connectivity index (χ4v) is 2.99. The minimum Gasteiger partial charge on any atom is -0.388 e. The average molecular weight is 311 g/mol. The Labute approximate surface area is 121 Å². The molecule has 2 rings (SSSR count). The monoisotopic (exact) mass is 311 g/mol. The zero-order chi connectivity index (χ0) is 14.8. The minimum absolute atomic E-state index is 0.0385. The molecule has 0 aliphatic carbocycles. The zero-order valence-corrected chi connectivity index (χ0v) is 12.3. The van der Waals surface area contributed by atoms with Crippen LogP contribution in [-0.2, 0) is 23.6 Å². The Kier molecular flexibility index (Phi) is 4.12. The highest BCUT2D eigenvalue weighted by atomic mass is 32.2. The third kappa shape index (κ3) is 3.18. The van der Waals surface area contributed by atoms with Gasteiger partial charge in [0, 0.05) is 19.4 Å². The molecule has 0 aromatic carbocycles. The second-order valence-electron chi connectivity index (χ2n) is 4.02. The van der Waals surface area contributed by atoms with E-state index in [4.69, 9.17) is 18.0 Å². The molecule has 0 radical (unpaired) electrons. The van der Waals surface area contributed by atoms with E-state index in [9.17, 15) is 8.42 Å². The lowest BCUT2D eigenvalue weighted by molar-refractivity contribution is 0.579. The van der Waals surface area contributed by atoms with Crippen molar-refractivity contribution in [2.45, 2.75) is 11.4 Å². The summed E-state index contributed by atoms with van der Waals surface area (Å²) in [6.45, 7) is 0.0782. The summed E-state index contributed by atoms with van der Waals surface area (Å²) in [6.07, 6.45) is 3.17. The molecule has 0 unspecified atom stereocenters. The highest BCUT2D eigenvalue weighted by Crippen LogP contribution is 2.13. The topological polar surface area (TPSA) is 103 Å². The maximum atomic E-state index is 12.2. The first-order valence-corrected chi connectivity index (χ1v) is 7.52. The Hall–Kier alpha value is -1.84. The summed E-state index contributed by atoms with van der Waals surface area (Å²) < 4.78 is 28.5. The van der Waals surface area contributed by atoms with E-state index in [1.807, 2.05) is 0 Å². The number of nitrogens with two attached hydrogens (primary N) is 1. The van der Waals surface area contributed by atoms with Gasteiger partial charge in [-0.05, 0) is 18.2 Å². The van der Waals surface area contributed by atoms with E-state index in [1.54, 1.807) is 24.0 Å². The molecule has 0 spiro atoms. The van der Waals surface area contributed by atoms with Crippen molar-refractivity contribution in [1.29, 1.82) is 0 Å². The number of rotatable bonds is 5. The van der Waals surface area contributed by atoms with Gasteiger partial charge in [0.1, 0.15) is 15.6 Å². The molecule has 3 N–H and O–H groups in total.